The number of hydrogen-bond acceptors (Lipinski definition) is 5. The Bertz CT molecular complexity index is 603. The maximum atomic E-state index is 11.7. The fraction of sp³-hybridized carbons (Fsp3) is 0.385. The van der Waals surface area contributed by atoms with Gasteiger partial charge in [-0.15, -0.1) is 11.3 Å². The Hall–Kier alpha value is -1.33. The first-order chi connectivity index (χ1) is 9.08. The van der Waals surface area contributed by atoms with Crippen LogP contribution in [0.2, 0.25) is 5.02 Å². The van der Waals surface area contributed by atoms with Crippen LogP contribution in [-0.4, -0.2) is 18.1 Å². The Morgan fingerprint density at radius 2 is 2.32 bits per heavy atom. The quantitative estimate of drug-likeness (QED) is 0.797. The zero-order chi connectivity index (χ0) is 14.0. The maximum absolute atomic E-state index is 11.7. The third kappa shape index (κ3) is 2.67. The molecule has 0 fully saturated rings. The van der Waals surface area contributed by atoms with E-state index in [9.17, 15) is 4.79 Å². The van der Waals surface area contributed by atoms with Crippen LogP contribution in [0.1, 0.15) is 35.2 Å². The van der Waals surface area contributed by atoms with Gasteiger partial charge < -0.3 is 9.15 Å². The lowest BCUT2D eigenvalue weighted by Gasteiger charge is -1.96. The molecule has 0 spiro atoms. The number of aryl methyl sites for hydroxylation is 2. The number of oxazole rings is 1. The van der Waals surface area contributed by atoms with Crippen molar-refractivity contribution in [2.24, 2.45) is 0 Å². The van der Waals surface area contributed by atoms with Gasteiger partial charge in [0.1, 0.15) is 4.88 Å². The molecule has 0 radical (unpaired) electrons. The van der Waals surface area contributed by atoms with E-state index in [0.717, 1.165) is 16.9 Å². The summed E-state index contributed by atoms with van der Waals surface area (Å²) in [5.41, 5.74) is 1.59. The van der Waals surface area contributed by atoms with Gasteiger partial charge in [0.15, 0.2) is 0 Å². The van der Waals surface area contributed by atoms with E-state index in [1.54, 1.807) is 0 Å². The number of hydrogen-bond donors (Lipinski definition) is 0. The second-order valence-corrected chi connectivity index (χ2v) is 5.36. The Morgan fingerprint density at radius 3 is 2.84 bits per heavy atom. The van der Waals surface area contributed by atoms with Crippen LogP contribution in [0.25, 0.3) is 10.8 Å². The molecule has 2 aromatic heterocycles. The monoisotopic (exact) mass is 299 g/mol. The minimum Gasteiger partial charge on any atom is -0.463 e. The van der Waals surface area contributed by atoms with Gasteiger partial charge in [0.05, 0.1) is 17.8 Å². The van der Waals surface area contributed by atoms with Gasteiger partial charge in [0.2, 0.25) is 11.7 Å². The predicted molar refractivity (Wildman–Crippen MR) is 74.9 cm³/mol. The average Bonchev–Trinajstić information content (AvgIpc) is 2.95. The lowest BCUT2D eigenvalue weighted by Crippen LogP contribution is -2.03. The fourth-order valence-electron chi connectivity index (χ4n) is 1.68. The van der Waals surface area contributed by atoms with E-state index in [4.69, 9.17) is 20.8 Å². The molecular formula is C13H14ClNO3S. The summed E-state index contributed by atoms with van der Waals surface area (Å²) in [5.74, 6) is 0.0417. The Labute approximate surface area is 120 Å². The minimum atomic E-state index is -0.508. The maximum Gasteiger partial charge on any atom is 0.376 e. The fourth-order valence-corrected chi connectivity index (χ4v) is 2.88. The van der Waals surface area contributed by atoms with E-state index in [-0.39, 0.29) is 5.76 Å². The van der Waals surface area contributed by atoms with E-state index < -0.39 is 5.97 Å². The number of thiophene rings is 1. The number of esters is 1. The summed E-state index contributed by atoms with van der Waals surface area (Å²) in [7, 11) is 1.32. The van der Waals surface area contributed by atoms with Crippen molar-refractivity contribution in [3.8, 4) is 10.8 Å². The van der Waals surface area contributed by atoms with E-state index in [1.165, 1.54) is 18.4 Å². The van der Waals surface area contributed by atoms with Crippen molar-refractivity contribution < 1.29 is 13.9 Å². The zero-order valence-electron chi connectivity index (χ0n) is 10.9. The highest BCUT2D eigenvalue weighted by atomic mass is 35.5. The minimum absolute atomic E-state index is 0.168. The van der Waals surface area contributed by atoms with Gasteiger partial charge in [-0.05, 0) is 24.3 Å². The molecule has 0 atom stereocenters. The third-order valence-corrected chi connectivity index (χ3v) is 4.33. The van der Waals surface area contributed by atoms with Gasteiger partial charge in [-0.2, -0.15) is 0 Å². The number of rotatable bonds is 4. The van der Waals surface area contributed by atoms with E-state index in [1.807, 2.05) is 19.2 Å². The normalized spacial score (nSPS) is 10.7. The van der Waals surface area contributed by atoms with Crippen LogP contribution in [-0.2, 0) is 11.2 Å². The van der Waals surface area contributed by atoms with Crippen molar-refractivity contribution in [1.82, 2.24) is 4.98 Å². The topological polar surface area (TPSA) is 52.3 Å². The largest absolute Gasteiger partial charge is 0.463 e. The summed E-state index contributed by atoms with van der Waals surface area (Å²) >= 11 is 7.64. The highest BCUT2D eigenvalue weighted by Crippen LogP contribution is 2.36. The molecule has 0 aliphatic carbocycles. The number of carbonyl (C=O) groups excluding carboxylic acids is 1. The molecule has 0 saturated carbocycles. The third-order valence-electron chi connectivity index (χ3n) is 2.65. The van der Waals surface area contributed by atoms with Crippen molar-refractivity contribution in [2.45, 2.75) is 26.7 Å². The number of aromatic nitrogens is 1. The molecule has 0 aromatic carbocycles. The first-order valence-electron chi connectivity index (χ1n) is 5.90. The van der Waals surface area contributed by atoms with Crippen LogP contribution in [0.4, 0.5) is 0 Å². The molecule has 0 aliphatic rings. The highest BCUT2D eigenvalue weighted by Gasteiger charge is 2.23. The molecule has 0 aliphatic heterocycles. The molecular weight excluding hydrogens is 286 g/mol. The molecule has 4 nitrogen and oxygen atoms in total. The molecule has 2 rings (SSSR count). The van der Waals surface area contributed by atoms with E-state index >= 15 is 0 Å². The summed E-state index contributed by atoms with van der Waals surface area (Å²) in [4.78, 5) is 16.8. The molecule has 102 valence electrons. The number of ether oxygens (including phenoxy) is 1. The Balaban J connectivity index is 2.48. The number of nitrogens with zero attached hydrogens (tertiary/aromatic N) is 1. The van der Waals surface area contributed by atoms with Gasteiger partial charge in [-0.1, -0.05) is 24.9 Å². The molecule has 0 saturated heterocycles. The van der Waals surface area contributed by atoms with Gasteiger partial charge in [0.25, 0.3) is 0 Å². The van der Waals surface area contributed by atoms with Crippen molar-refractivity contribution >= 4 is 28.9 Å². The van der Waals surface area contributed by atoms with Crippen molar-refractivity contribution in [3.05, 3.63) is 27.4 Å². The van der Waals surface area contributed by atoms with Crippen LogP contribution in [0.5, 0.6) is 0 Å². The van der Waals surface area contributed by atoms with Crippen LogP contribution < -0.4 is 0 Å². The Kier molecular flexibility index (Phi) is 4.27. The summed E-state index contributed by atoms with van der Waals surface area (Å²) in [6.45, 7) is 3.93. The first kappa shape index (κ1) is 14.1. The average molecular weight is 300 g/mol. The highest BCUT2D eigenvalue weighted by molar-refractivity contribution is 7.14. The van der Waals surface area contributed by atoms with Gasteiger partial charge in [-0.3, -0.25) is 0 Å². The second kappa shape index (κ2) is 5.75. The number of carbonyl (C=O) groups is 1. The van der Waals surface area contributed by atoms with Gasteiger partial charge in [0, 0.05) is 0 Å². The molecule has 0 amide bonds. The summed E-state index contributed by atoms with van der Waals surface area (Å²) in [6, 6.07) is 0. The predicted octanol–water partition coefficient (Wildman–Crippen LogP) is 4.10. The van der Waals surface area contributed by atoms with Crippen LogP contribution in [0, 0.1) is 6.92 Å². The first-order valence-corrected chi connectivity index (χ1v) is 7.16. The number of halogens is 1. The standard InChI is InChI=1S/C13H14ClNO3S/c1-4-5-8-10(13(16)17-3)18-12(15-8)11-9(14)7(2)6-19-11/h6H,4-5H2,1-3H3. The molecule has 19 heavy (non-hydrogen) atoms. The number of methoxy groups -OCH3 is 1. The molecule has 0 N–H and O–H groups in total. The zero-order valence-corrected chi connectivity index (χ0v) is 12.5. The van der Waals surface area contributed by atoms with Gasteiger partial charge in [-0.25, -0.2) is 9.78 Å². The second-order valence-electron chi connectivity index (χ2n) is 4.10. The molecule has 6 heteroatoms. The molecule has 0 bridgehead atoms. The molecule has 2 heterocycles. The summed E-state index contributed by atoms with van der Waals surface area (Å²) in [6.07, 6.45) is 1.53. The van der Waals surface area contributed by atoms with Crippen molar-refractivity contribution in [1.29, 1.82) is 0 Å². The lowest BCUT2D eigenvalue weighted by atomic mass is 10.2. The van der Waals surface area contributed by atoms with E-state index in [2.05, 4.69) is 4.98 Å². The van der Waals surface area contributed by atoms with E-state index in [0.29, 0.717) is 23.0 Å². The molecule has 2 aromatic rings. The Morgan fingerprint density at radius 1 is 1.58 bits per heavy atom. The van der Waals surface area contributed by atoms with Crippen LogP contribution in [0.3, 0.4) is 0 Å². The van der Waals surface area contributed by atoms with Crippen molar-refractivity contribution in [3.63, 3.8) is 0 Å². The van der Waals surface area contributed by atoms with Crippen LogP contribution >= 0.6 is 22.9 Å². The van der Waals surface area contributed by atoms with Gasteiger partial charge >= 0.3 is 5.97 Å². The smallest absolute Gasteiger partial charge is 0.376 e. The summed E-state index contributed by atoms with van der Waals surface area (Å²) in [5, 5.41) is 2.55. The SMILES string of the molecule is CCCc1nc(-c2scc(C)c2Cl)oc1C(=O)OC. The summed E-state index contributed by atoms with van der Waals surface area (Å²) < 4.78 is 10.2. The van der Waals surface area contributed by atoms with Crippen LogP contribution in [0.15, 0.2) is 9.80 Å². The molecule has 0 unspecified atom stereocenters. The lowest BCUT2D eigenvalue weighted by molar-refractivity contribution is 0.0564. The van der Waals surface area contributed by atoms with Crippen molar-refractivity contribution in [2.75, 3.05) is 7.11 Å².